The summed E-state index contributed by atoms with van der Waals surface area (Å²) in [5.41, 5.74) is 1.07. The molecular formula is C24H26FN3O4S2. The summed E-state index contributed by atoms with van der Waals surface area (Å²) in [7, 11) is -3.84. The average Bonchev–Trinajstić information content (AvgIpc) is 3.58. The fraction of sp³-hybridized carbons (Fsp3) is 0.333. The normalized spacial score (nSPS) is 16.0. The van der Waals surface area contributed by atoms with Crippen molar-refractivity contribution in [2.24, 2.45) is 0 Å². The molecule has 0 aliphatic carbocycles. The van der Waals surface area contributed by atoms with Gasteiger partial charge in [0.25, 0.3) is 5.91 Å². The molecule has 10 heteroatoms. The van der Waals surface area contributed by atoms with Crippen LogP contribution in [0.25, 0.3) is 0 Å². The Balaban J connectivity index is 1.66. The molecule has 180 valence electrons. The van der Waals surface area contributed by atoms with E-state index in [-0.39, 0.29) is 29.5 Å². The third kappa shape index (κ3) is 5.63. The fourth-order valence-corrected chi connectivity index (χ4v) is 6.14. The SMILES string of the molecule is C=CCN(Cc1cnc(S(=O)(=O)Cc2ccc(F)cc2)n1C[C@H]1CCCO1)C(=O)c1cccs1. The number of amides is 1. The van der Waals surface area contributed by atoms with Gasteiger partial charge in [0.05, 0.1) is 41.7 Å². The predicted octanol–water partition coefficient (Wildman–Crippen LogP) is 4.07. The molecule has 3 heterocycles. The molecule has 1 aliphatic heterocycles. The van der Waals surface area contributed by atoms with Crippen molar-refractivity contribution in [2.75, 3.05) is 13.2 Å². The van der Waals surface area contributed by atoms with Gasteiger partial charge in [0, 0.05) is 13.2 Å². The summed E-state index contributed by atoms with van der Waals surface area (Å²) in [5.74, 6) is -0.892. The maximum Gasteiger partial charge on any atom is 0.264 e. The topological polar surface area (TPSA) is 81.5 Å². The highest BCUT2D eigenvalue weighted by molar-refractivity contribution is 7.90. The Kier molecular flexibility index (Phi) is 7.60. The second kappa shape index (κ2) is 10.6. The van der Waals surface area contributed by atoms with Crippen LogP contribution < -0.4 is 0 Å². The highest BCUT2D eigenvalue weighted by Gasteiger charge is 2.28. The van der Waals surface area contributed by atoms with Gasteiger partial charge in [-0.05, 0) is 42.0 Å². The average molecular weight is 504 g/mol. The van der Waals surface area contributed by atoms with Gasteiger partial charge in [-0.15, -0.1) is 17.9 Å². The van der Waals surface area contributed by atoms with Crippen molar-refractivity contribution in [3.8, 4) is 0 Å². The van der Waals surface area contributed by atoms with Crippen LogP contribution in [-0.2, 0) is 33.4 Å². The summed E-state index contributed by atoms with van der Waals surface area (Å²) in [6.45, 7) is 5.19. The van der Waals surface area contributed by atoms with Crippen LogP contribution in [-0.4, -0.2) is 48.0 Å². The summed E-state index contributed by atoms with van der Waals surface area (Å²) in [6.07, 6.45) is 4.74. The number of carbonyl (C=O) groups is 1. The lowest BCUT2D eigenvalue weighted by atomic mass is 10.2. The van der Waals surface area contributed by atoms with E-state index >= 15 is 0 Å². The van der Waals surface area contributed by atoms with Gasteiger partial charge in [0.15, 0.2) is 0 Å². The molecule has 1 saturated heterocycles. The highest BCUT2D eigenvalue weighted by atomic mass is 32.2. The van der Waals surface area contributed by atoms with Crippen molar-refractivity contribution in [1.82, 2.24) is 14.5 Å². The largest absolute Gasteiger partial charge is 0.376 e. The maximum atomic E-state index is 13.3. The maximum absolute atomic E-state index is 13.3. The summed E-state index contributed by atoms with van der Waals surface area (Å²) in [5, 5.41) is 1.76. The number of sulfone groups is 1. The van der Waals surface area contributed by atoms with Crippen LogP contribution in [0, 0.1) is 5.82 Å². The molecule has 1 fully saturated rings. The quantitative estimate of drug-likeness (QED) is 0.390. The van der Waals surface area contributed by atoms with Crippen LogP contribution in [0.1, 0.15) is 33.8 Å². The first-order chi connectivity index (χ1) is 16.4. The molecule has 0 radical (unpaired) electrons. The highest BCUT2D eigenvalue weighted by Crippen LogP contribution is 2.23. The van der Waals surface area contributed by atoms with Gasteiger partial charge >= 0.3 is 0 Å². The number of imidazole rings is 1. The third-order valence-corrected chi connectivity index (χ3v) is 8.03. The zero-order valence-electron chi connectivity index (χ0n) is 18.6. The van der Waals surface area contributed by atoms with Crippen molar-refractivity contribution >= 4 is 27.1 Å². The number of rotatable bonds is 10. The van der Waals surface area contributed by atoms with Crippen molar-refractivity contribution in [3.05, 3.63) is 82.6 Å². The fourth-order valence-electron chi connectivity index (χ4n) is 3.94. The number of thiophene rings is 1. The lowest BCUT2D eigenvalue weighted by Crippen LogP contribution is -2.32. The number of carbonyl (C=O) groups excluding carboxylic acids is 1. The number of aromatic nitrogens is 2. The van der Waals surface area contributed by atoms with E-state index in [2.05, 4.69) is 11.6 Å². The van der Waals surface area contributed by atoms with E-state index in [1.165, 1.54) is 41.8 Å². The number of hydrogen-bond donors (Lipinski definition) is 0. The second-order valence-electron chi connectivity index (χ2n) is 8.11. The molecule has 0 saturated carbocycles. The molecular weight excluding hydrogens is 477 g/mol. The van der Waals surface area contributed by atoms with Crippen LogP contribution in [0.15, 0.2) is 65.8 Å². The molecule has 34 heavy (non-hydrogen) atoms. The monoisotopic (exact) mass is 503 g/mol. The molecule has 0 bridgehead atoms. The summed E-state index contributed by atoms with van der Waals surface area (Å²) in [6, 6.07) is 8.94. The standard InChI is InChI=1S/C24H26FN3O4S2/c1-2-11-27(23(29)22-6-4-13-33-22)15-20-14-26-24(28(20)16-21-5-3-12-32-21)34(30,31)17-18-7-9-19(25)10-8-18/h2,4,6-10,13-14,21H,1,3,5,11-12,15-17H2/t21-/m1/s1. The van der Waals surface area contributed by atoms with E-state index < -0.39 is 15.7 Å². The number of nitrogens with zero attached hydrogens (tertiary/aromatic N) is 3. The molecule has 7 nitrogen and oxygen atoms in total. The minimum absolute atomic E-state index is 0.0792. The third-order valence-electron chi connectivity index (χ3n) is 5.58. The molecule has 3 aromatic rings. The van der Waals surface area contributed by atoms with E-state index in [4.69, 9.17) is 4.74 Å². The van der Waals surface area contributed by atoms with Crippen LogP contribution in [0.4, 0.5) is 4.39 Å². The Hall–Kier alpha value is -2.82. The van der Waals surface area contributed by atoms with Gasteiger partial charge in [-0.25, -0.2) is 17.8 Å². The lowest BCUT2D eigenvalue weighted by Gasteiger charge is -2.22. The molecule has 4 rings (SSSR count). The van der Waals surface area contributed by atoms with Crippen molar-refractivity contribution in [2.45, 2.75) is 42.9 Å². The van der Waals surface area contributed by atoms with Crippen LogP contribution in [0.3, 0.4) is 0 Å². The minimum atomic E-state index is -3.84. The summed E-state index contributed by atoms with van der Waals surface area (Å²) >= 11 is 1.35. The van der Waals surface area contributed by atoms with Crippen LogP contribution >= 0.6 is 11.3 Å². The zero-order chi connectivity index (χ0) is 24.1. The van der Waals surface area contributed by atoms with Crippen molar-refractivity contribution in [1.29, 1.82) is 0 Å². The Morgan fingerprint density at radius 1 is 1.32 bits per heavy atom. The number of benzene rings is 1. The molecule has 1 aromatic carbocycles. The summed E-state index contributed by atoms with van der Waals surface area (Å²) in [4.78, 5) is 19.5. The van der Waals surface area contributed by atoms with Gasteiger partial charge in [-0.1, -0.05) is 24.3 Å². The molecule has 2 aromatic heterocycles. The second-order valence-corrected chi connectivity index (χ2v) is 10.9. The first kappa shape index (κ1) is 24.3. The Labute approximate surface area is 202 Å². The first-order valence-electron chi connectivity index (χ1n) is 10.9. The number of ether oxygens (including phenoxy) is 1. The smallest absolute Gasteiger partial charge is 0.264 e. The molecule has 1 atom stereocenters. The molecule has 0 unspecified atom stereocenters. The Bertz CT molecular complexity index is 1230. The van der Waals surface area contributed by atoms with Crippen molar-refractivity contribution < 1.29 is 22.3 Å². The lowest BCUT2D eigenvalue weighted by molar-refractivity contribution is 0.0756. The summed E-state index contributed by atoms with van der Waals surface area (Å²) < 4.78 is 47.3. The number of hydrogen-bond acceptors (Lipinski definition) is 6. The van der Waals surface area contributed by atoms with Crippen LogP contribution in [0.5, 0.6) is 0 Å². The van der Waals surface area contributed by atoms with E-state index in [9.17, 15) is 17.6 Å². The van der Waals surface area contributed by atoms with E-state index in [0.29, 0.717) is 35.8 Å². The first-order valence-corrected chi connectivity index (χ1v) is 13.5. The molecule has 1 amide bonds. The van der Waals surface area contributed by atoms with Gasteiger partial charge in [-0.2, -0.15) is 0 Å². The zero-order valence-corrected chi connectivity index (χ0v) is 20.2. The number of halogens is 1. The van der Waals surface area contributed by atoms with E-state index in [1.807, 2.05) is 11.4 Å². The van der Waals surface area contributed by atoms with Gasteiger partial charge in [0.1, 0.15) is 5.82 Å². The van der Waals surface area contributed by atoms with Gasteiger partial charge in [-0.3, -0.25) is 4.79 Å². The predicted molar refractivity (Wildman–Crippen MR) is 128 cm³/mol. The molecule has 0 N–H and O–H groups in total. The van der Waals surface area contributed by atoms with Gasteiger partial charge in [0.2, 0.25) is 15.0 Å². The van der Waals surface area contributed by atoms with Gasteiger partial charge < -0.3 is 14.2 Å². The Morgan fingerprint density at radius 2 is 2.12 bits per heavy atom. The Morgan fingerprint density at radius 3 is 2.76 bits per heavy atom. The van der Waals surface area contributed by atoms with E-state index in [1.54, 1.807) is 21.6 Å². The van der Waals surface area contributed by atoms with E-state index in [0.717, 1.165) is 12.8 Å². The minimum Gasteiger partial charge on any atom is -0.376 e. The van der Waals surface area contributed by atoms with Crippen LogP contribution in [0.2, 0.25) is 0 Å². The van der Waals surface area contributed by atoms with Crippen molar-refractivity contribution in [3.63, 3.8) is 0 Å². The molecule has 0 spiro atoms. The molecule has 1 aliphatic rings.